The quantitative estimate of drug-likeness (QED) is 0.116. The molecule has 15 heteroatoms. The van der Waals surface area contributed by atoms with E-state index in [1.54, 1.807) is 78.9 Å². The van der Waals surface area contributed by atoms with Gasteiger partial charge in [0.1, 0.15) is 30.5 Å². The van der Waals surface area contributed by atoms with Crippen LogP contribution in [0.25, 0.3) is 0 Å². The Morgan fingerprint density at radius 2 is 1.49 bits per heavy atom. The highest BCUT2D eigenvalue weighted by atomic mass is 16.6. The van der Waals surface area contributed by atoms with Gasteiger partial charge >= 0.3 is 23.9 Å². The van der Waals surface area contributed by atoms with Crippen LogP contribution in [0.4, 0.5) is 0 Å². The fraction of sp³-hybridized carbons (Fsp3) is 0.435. The van der Waals surface area contributed by atoms with Gasteiger partial charge < -0.3 is 44.3 Å². The lowest BCUT2D eigenvalue weighted by atomic mass is 9.57. The zero-order chi connectivity index (χ0) is 44.1. The lowest BCUT2D eigenvalue weighted by molar-refractivity contribution is -0.198. The summed E-state index contributed by atoms with van der Waals surface area (Å²) in [6, 6.07) is 23.1. The summed E-state index contributed by atoms with van der Waals surface area (Å²) in [6.45, 7) is 4.58. The third kappa shape index (κ3) is 9.44. The molecule has 15 nitrogen and oxygen atoms in total. The van der Waals surface area contributed by atoms with Gasteiger partial charge in [-0.25, -0.2) is 14.4 Å². The van der Waals surface area contributed by atoms with E-state index in [0.717, 1.165) is 6.92 Å². The van der Waals surface area contributed by atoms with Crippen molar-refractivity contribution in [3.63, 3.8) is 0 Å². The second kappa shape index (κ2) is 18.9. The molecule has 2 fully saturated rings. The van der Waals surface area contributed by atoms with Gasteiger partial charge in [-0.2, -0.15) is 0 Å². The zero-order valence-electron chi connectivity index (χ0n) is 34.4. The topological polar surface area (TPSA) is 221 Å². The van der Waals surface area contributed by atoms with Gasteiger partial charge in [0.05, 0.1) is 29.7 Å². The van der Waals surface area contributed by atoms with Crippen LogP contribution in [0, 0.1) is 11.3 Å². The first-order valence-electron chi connectivity index (χ1n) is 20.2. The van der Waals surface area contributed by atoms with Crippen LogP contribution >= 0.6 is 0 Å². The van der Waals surface area contributed by atoms with Crippen LogP contribution in [0.15, 0.2) is 102 Å². The van der Waals surface area contributed by atoms with Crippen molar-refractivity contribution in [3.8, 4) is 0 Å². The molecule has 2 bridgehead atoms. The first-order valence-corrected chi connectivity index (χ1v) is 20.2. The van der Waals surface area contributed by atoms with Crippen LogP contribution in [0.2, 0.25) is 0 Å². The van der Waals surface area contributed by atoms with E-state index in [-0.39, 0.29) is 35.3 Å². The summed E-state index contributed by atoms with van der Waals surface area (Å²) in [5.74, 6) is -6.65. The molecule has 1 saturated carbocycles. The molecule has 1 amide bonds. The molecule has 3 aromatic rings. The van der Waals surface area contributed by atoms with E-state index in [0.29, 0.717) is 12.0 Å². The summed E-state index contributed by atoms with van der Waals surface area (Å²) in [5.41, 5.74) is -3.10. The predicted octanol–water partition coefficient (Wildman–Crippen LogP) is 3.74. The fourth-order valence-electron chi connectivity index (χ4n) is 8.69. The van der Waals surface area contributed by atoms with Crippen LogP contribution in [0.3, 0.4) is 0 Å². The van der Waals surface area contributed by atoms with Crippen LogP contribution in [-0.4, -0.2) is 106 Å². The van der Waals surface area contributed by atoms with Crippen LogP contribution < -0.4 is 5.32 Å². The van der Waals surface area contributed by atoms with Gasteiger partial charge in [0.15, 0.2) is 18.0 Å². The van der Waals surface area contributed by atoms with Crippen LogP contribution in [-0.2, 0) is 42.9 Å². The molecule has 61 heavy (non-hydrogen) atoms. The Morgan fingerprint density at radius 1 is 0.885 bits per heavy atom. The molecular formula is C46H51NO14. The maximum Gasteiger partial charge on any atom is 0.338 e. The van der Waals surface area contributed by atoms with Crippen molar-refractivity contribution < 1.29 is 67.8 Å². The first-order chi connectivity index (χ1) is 29.1. The molecule has 0 spiro atoms. The highest BCUT2D eigenvalue weighted by Crippen LogP contribution is 2.53. The second-order valence-corrected chi connectivity index (χ2v) is 16.0. The van der Waals surface area contributed by atoms with E-state index in [4.69, 9.17) is 23.7 Å². The predicted molar refractivity (Wildman–Crippen MR) is 215 cm³/mol. The molecule has 0 aromatic heterocycles. The third-order valence-electron chi connectivity index (χ3n) is 12.1. The highest BCUT2D eigenvalue weighted by molar-refractivity contribution is 5.96. The van der Waals surface area contributed by atoms with E-state index < -0.39 is 115 Å². The number of rotatable bonds is 12. The van der Waals surface area contributed by atoms with Crippen LogP contribution in [0.1, 0.15) is 85.7 Å². The zero-order valence-corrected chi connectivity index (χ0v) is 34.4. The number of aliphatic hydroxyl groups excluding tert-OH is 2. The van der Waals surface area contributed by atoms with Crippen molar-refractivity contribution in [1.82, 2.24) is 5.32 Å². The number of amides is 1. The summed E-state index contributed by atoms with van der Waals surface area (Å²) < 4.78 is 30.1. The molecule has 10 atom stereocenters. The van der Waals surface area contributed by atoms with Crippen molar-refractivity contribution in [1.29, 1.82) is 0 Å². The van der Waals surface area contributed by atoms with Crippen molar-refractivity contribution in [3.05, 3.63) is 119 Å². The summed E-state index contributed by atoms with van der Waals surface area (Å²) >= 11 is 0. The normalized spacial score (nSPS) is 28.3. The summed E-state index contributed by atoms with van der Waals surface area (Å²) in [7, 11) is 0. The lowest BCUT2D eigenvalue weighted by Gasteiger charge is -2.53. The van der Waals surface area contributed by atoms with Gasteiger partial charge in [0.2, 0.25) is 0 Å². The Labute approximate surface area is 353 Å². The Bertz CT molecular complexity index is 2130. The SMILES string of the molecule is CC[C@H]1C[C@@H](OC(=O)CO)[C@@]2(C)C(=O)[C@H](OC(C)=O)C3=C(C)[C@@H](OC(=O)[C@H](O)[C@@H](NC(=O)c4ccccc4)c4ccccc4)C[C@](O)(C3)[C@@H](OC(=O)c3ccccc3)C2CO1. The molecular weight excluding hydrogens is 790 g/mol. The Kier molecular flexibility index (Phi) is 13.9. The number of hydrogen-bond donors (Lipinski definition) is 4. The van der Waals surface area contributed by atoms with E-state index in [9.17, 15) is 39.3 Å². The largest absolute Gasteiger partial charge is 0.459 e. The molecule has 1 saturated heterocycles. The van der Waals surface area contributed by atoms with E-state index in [1.807, 2.05) is 6.92 Å². The molecule has 0 radical (unpaired) electrons. The highest BCUT2D eigenvalue weighted by Gasteiger charge is 2.65. The van der Waals surface area contributed by atoms with Gasteiger partial charge in [-0.3, -0.25) is 14.4 Å². The molecule has 3 aromatic carbocycles. The maximum absolute atomic E-state index is 15.3. The standard InChI is InChI=1S/C46H51NO14/c1-5-31-21-35(60-36(50)24-48)45(4)33(25-57-31)41(61-43(54)30-19-13-8-14-20-30)46(56)22-32(39(40(45)52)58-27(3)49)26(2)34(23-46)59-44(55)38(51)37(28-15-9-6-10-16-28)47-42(53)29-17-11-7-12-18-29/h6-20,31,33-35,37-39,41,48,51,56H,5,21-25H2,1-4H3,(H,47,53)/t31-,33?,34-,35+,37-,38+,39+,41-,45-,46+/m0/s1. The number of ether oxygens (including phenoxy) is 5. The van der Waals surface area contributed by atoms with Gasteiger partial charge in [-0.05, 0) is 61.2 Å². The van der Waals surface area contributed by atoms with Crippen molar-refractivity contribution in [2.45, 2.75) is 102 Å². The molecule has 324 valence electrons. The number of carbonyl (C=O) groups excluding carboxylic acids is 6. The minimum Gasteiger partial charge on any atom is -0.459 e. The number of nitrogens with one attached hydrogen (secondary N) is 1. The molecule has 1 aliphatic heterocycles. The number of aliphatic hydroxyl groups is 3. The van der Waals surface area contributed by atoms with E-state index >= 15 is 4.79 Å². The number of carbonyl (C=O) groups is 6. The lowest BCUT2D eigenvalue weighted by Crippen LogP contribution is -2.65. The first kappa shape index (κ1) is 44.8. The molecule has 2 aliphatic carbocycles. The number of hydrogen-bond acceptors (Lipinski definition) is 14. The Balaban J connectivity index is 1.46. The molecule has 1 unspecified atom stereocenters. The van der Waals surface area contributed by atoms with Crippen molar-refractivity contribution in [2.75, 3.05) is 13.2 Å². The van der Waals surface area contributed by atoms with E-state index in [2.05, 4.69) is 5.32 Å². The second-order valence-electron chi connectivity index (χ2n) is 16.0. The average molecular weight is 842 g/mol. The smallest absolute Gasteiger partial charge is 0.338 e. The molecule has 1 heterocycles. The minimum atomic E-state index is -2.19. The molecule has 3 aliphatic rings. The summed E-state index contributed by atoms with van der Waals surface area (Å²) in [6.07, 6.45) is -9.20. The average Bonchev–Trinajstić information content (AvgIpc) is 3.40. The summed E-state index contributed by atoms with van der Waals surface area (Å²) in [4.78, 5) is 82.5. The minimum absolute atomic E-state index is 0.0307. The maximum atomic E-state index is 15.3. The Hall–Kier alpha value is -5.74. The van der Waals surface area contributed by atoms with Gasteiger partial charge in [-0.1, -0.05) is 73.7 Å². The fourth-order valence-corrected chi connectivity index (χ4v) is 8.69. The molecule has 6 rings (SSSR count). The number of benzene rings is 3. The number of esters is 4. The van der Waals surface area contributed by atoms with Gasteiger partial charge in [-0.15, -0.1) is 0 Å². The third-order valence-corrected chi connectivity index (χ3v) is 12.1. The van der Waals surface area contributed by atoms with Crippen molar-refractivity contribution >= 4 is 35.6 Å². The summed E-state index contributed by atoms with van der Waals surface area (Å²) in [5, 5.41) is 37.2. The monoisotopic (exact) mass is 841 g/mol. The van der Waals surface area contributed by atoms with Crippen molar-refractivity contribution in [2.24, 2.45) is 11.3 Å². The number of ketones is 1. The van der Waals surface area contributed by atoms with Crippen LogP contribution in [0.5, 0.6) is 0 Å². The van der Waals surface area contributed by atoms with E-state index in [1.165, 1.54) is 26.0 Å². The van der Waals surface area contributed by atoms with Gasteiger partial charge in [0, 0.05) is 37.7 Å². The Morgan fingerprint density at radius 3 is 2.08 bits per heavy atom. The number of fused-ring (bicyclic) bond motifs is 3. The molecule has 4 N–H and O–H groups in total. The van der Waals surface area contributed by atoms with Gasteiger partial charge in [0.25, 0.3) is 5.91 Å². The number of Topliss-reactive ketones (excluding diaryl/α,β-unsaturated/α-hetero) is 1.